The van der Waals surface area contributed by atoms with Gasteiger partial charge in [0.1, 0.15) is 10.8 Å². The van der Waals surface area contributed by atoms with E-state index in [0.717, 1.165) is 6.42 Å². The molecule has 0 atom stereocenters. The van der Waals surface area contributed by atoms with Crippen LogP contribution in [0.5, 0.6) is 5.75 Å². The average Bonchev–Trinajstić information content (AvgIpc) is 2.33. The standard InChI is InChI=1S/C14H20Cl2O/c1-2-3-4-5-6-7-11-17-13-10-8-9-12(15)14(13)16/h8-10H,2-7,11H2,1H3. The Labute approximate surface area is 114 Å². The zero-order valence-electron chi connectivity index (χ0n) is 10.3. The molecule has 3 heteroatoms. The smallest absolute Gasteiger partial charge is 0.139 e. The normalized spacial score (nSPS) is 10.5. The number of ether oxygens (including phenoxy) is 1. The summed E-state index contributed by atoms with van der Waals surface area (Å²) in [5.74, 6) is 0.688. The van der Waals surface area contributed by atoms with Crippen molar-refractivity contribution in [3.8, 4) is 5.75 Å². The molecule has 1 aromatic rings. The first-order valence-electron chi connectivity index (χ1n) is 6.32. The lowest BCUT2D eigenvalue weighted by atomic mass is 10.1. The molecule has 0 aliphatic carbocycles. The van der Waals surface area contributed by atoms with Gasteiger partial charge in [-0.25, -0.2) is 0 Å². The van der Waals surface area contributed by atoms with Crippen molar-refractivity contribution in [3.63, 3.8) is 0 Å². The number of halogens is 2. The SMILES string of the molecule is CCCCCCCCOc1cccc(Cl)c1Cl. The van der Waals surface area contributed by atoms with Crippen LogP contribution in [0, 0.1) is 0 Å². The van der Waals surface area contributed by atoms with Crippen LogP contribution >= 0.6 is 23.2 Å². The molecule has 0 spiro atoms. The highest BCUT2D eigenvalue weighted by Crippen LogP contribution is 2.31. The topological polar surface area (TPSA) is 9.23 Å². The van der Waals surface area contributed by atoms with Gasteiger partial charge >= 0.3 is 0 Å². The molecule has 0 aliphatic heterocycles. The van der Waals surface area contributed by atoms with Gasteiger partial charge in [0.05, 0.1) is 11.6 Å². The van der Waals surface area contributed by atoms with Gasteiger partial charge in [-0.15, -0.1) is 0 Å². The van der Waals surface area contributed by atoms with E-state index in [2.05, 4.69) is 6.92 Å². The van der Waals surface area contributed by atoms with Crippen LogP contribution in [0.4, 0.5) is 0 Å². The fraction of sp³-hybridized carbons (Fsp3) is 0.571. The second kappa shape index (κ2) is 8.66. The lowest BCUT2D eigenvalue weighted by molar-refractivity contribution is 0.304. The third-order valence-corrected chi connectivity index (χ3v) is 3.47. The van der Waals surface area contributed by atoms with Gasteiger partial charge in [0.15, 0.2) is 0 Å². The molecule has 0 heterocycles. The van der Waals surface area contributed by atoms with Crippen LogP contribution in [-0.2, 0) is 0 Å². The summed E-state index contributed by atoms with van der Waals surface area (Å²) >= 11 is 11.9. The largest absolute Gasteiger partial charge is 0.492 e. The number of hydrogen-bond acceptors (Lipinski definition) is 1. The van der Waals surface area contributed by atoms with Crippen LogP contribution in [0.3, 0.4) is 0 Å². The van der Waals surface area contributed by atoms with Crippen LogP contribution in [0.2, 0.25) is 10.0 Å². The van der Waals surface area contributed by atoms with Crippen molar-refractivity contribution in [3.05, 3.63) is 28.2 Å². The lowest BCUT2D eigenvalue weighted by Gasteiger charge is -2.08. The van der Waals surface area contributed by atoms with Crippen molar-refractivity contribution >= 4 is 23.2 Å². The predicted octanol–water partition coefficient (Wildman–Crippen LogP) is 5.73. The van der Waals surface area contributed by atoms with E-state index in [9.17, 15) is 0 Å². The number of hydrogen-bond donors (Lipinski definition) is 0. The summed E-state index contributed by atoms with van der Waals surface area (Å²) in [5, 5.41) is 1.06. The predicted molar refractivity (Wildman–Crippen MR) is 75.3 cm³/mol. The van der Waals surface area contributed by atoms with Crippen LogP contribution in [0.1, 0.15) is 45.4 Å². The molecule has 17 heavy (non-hydrogen) atoms. The summed E-state index contributed by atoms with van der Waals surface area (Å²) in [6.07, 6.45) is 7.54. The summed E-state index contributed by atoms with van der Waals surface area (Å²) in [6.45, 7) is 2.94. The van der Waals surface area contributed by atoms with Crippen molar-refractivity contribution in [2.75, 3.05) is 6.61 Å². The number of rotatable bonds is 8. The molecule has 0 bridgehead atoms. The summed E-state index contributed by atoms with van der Waals surface area (Å²) in [4.78, 5) is 0. The minimum Gasteiger partial charge on any atom is -0.492 e. The number of benzene rings is 1. The molecule has 0 saturated carbocycles. The van der Waals surface area contributed by atoms with Gasteiger partial charge in [-0.3, -0.25) is 0 Å². The Kier molecular flexibility index (Phi) is 7.46. The maximum atomic E-state index is 6.02. The van der Waals surface area contributed by atoms with Crippen LogP contribution in [0.25, 0.3) is 0 Å². The highest BCUT2D eigenvalue weighted by atomic mass is 35.5. The molecule has 96 valence electrons. The van der Waals surface area contributed by atoms with Gasteiger partial charge in [0, 0.05) is 0 Å². The van der Waals surface area contributed by atoms with Gasteiger partial charge < -0.3 is 4.74 Å². The average molecular weight is 275 g/mol. The third-order valence-electron chi connectivity index (χ3n) is 2.67. The van der Waals surface area contributed by atoms with E-state index >= 15 is 0 Å². The lowest BCUT2D eigenvalue weighted by Crippen LogP contribution is -1.97. The van der Waals surface area contributed by atoms with E-state index in [4.69, 9.17) is 27.9 Å². The summed E-state index contributed by atoms with van der Waals surface area (Å²) in [5.41, 5.74) is 0. The summed E-state index contributed by atoms with van der Waals surface area (Å²) < 4.78 is 5.61. The maximum absolute atomic E-state index is 6.02. The van der Waals surface area contributed by atoms with Crippen molar-refractivity contribution in [1.82, 2.24) is 0 Å². The first kappa shape index (κ1) is 14.7. The highest BCUT2D eigenvalue weighted by molar-refractivity contribution is 6.42. The van der Waals surface area contributed by atoms with E-state index in [1.54, 1.807) is 6.07 Å². The van der Waals surface area contributed by atoms with Crippen molar-refractivity contribution in [2.24, 2.45) is 0 Å². The molecule has 1 rings (SSSR count). The Morgan fingerprint density at radius 1 is 1.00 bits per heavy atom. The molecule has 0 aliphatic rings. The molecular formula is C14H20Cl2O. The third kappa shape index (κ3) is 5.65. The Morgan fingerprint density at radius 2 is 1.71 bits per heavy atom. The van der Waals surface area contributed by atoms with Gasteiger partial charge in [-0.1, -0.05) is 68.3 Å². The molecule has 0 saturated heterocycles. The molecule has 0 amide bonds. The molecule has 1 aromatic carbocycles. The Morgan fingerprint density at radius 3 is 2.47 bits per heavy atom. The highest BCUT2D eigenvalue weighted by Gasteiger charge is 2.04. The molecule has 1 nitrogen and oxygen atoms in total. The quantitative estimate of drug-likeness (QED) is 0.550. The maximum Gasteiger partial charge on any atom is 0.139 e. The second-order valence-corrected chi connectivity index (χ2v) is 4.95. The zero-order valence-corrected chi connectivity index (χ0v) is 11.9. The van der Waals surface area contributed by atoms with Gasteiger partial charge in [-0.2, -0.15) is 0 Å². The molecule has 0 radical (unpaired) electrons. The number of unbranched alkanes of at least 4 members (excludes halogenated alkanes) is 5. The minimum atomic E-state index is 0.514. The molecule has 0 fully saturated rings. The summed E-state index contributed by atoms with van der Waals surface area (Å²) in [6, 6.07) is 5.47. The first-order chi connectivity index (χ1) is 8.25. The molecule has 0 aromatic heterocycles. The zero-order chi connectivity index (χ0) is 12.5. The van der Waals surface area contributed by atoms with Crippen LogP contribution < -0.4 is 4.74 Å². The van der Waals surface area contributed by atoms with Crippen molar-refractivity contribution in [1.29, 1.82) is 0 Å². The fourth-order valence-corrected chi connectivity index (χ4v) is 2.01. The first-order valence-corrected chi connectivity index (χ1v) is 7.08. The monoisotopic (exact) mass is 274 g/mol. The van der Waals surface area contributed by atoms with E-state index in [1.165, 1.54) is 32.1 Å². The minimum absolute atomic E-state index is 0.514. The van der Waals surface area contributed by atoms with Gasteiger partial charge in [-0.05, 0) is 18.6 Å². The Balaban J connectivity index is 2.16. The van der Waals surface area contributed by atoms with Crippen LogP contribution in [-0.4, -0.2) is 6.61 Å². The van der Waals surface area contributed by atoms with Crippen molar-refractivity contribution in [2.45, 2.75) is 45.4 Å². The Hall–Kier alpha value is -0.400. The van der Waals surface area contributed by atoms with Gasteiger partial charge in [0.2, 0.25) is 0 Å². The van der Waals surface area contributed by atoms with Gasteiger partial charge in [0.25, 0.3) is 0 Å². The van der Waals surface area contributed by atoms with Crippen molar-refractivity contribution < 1.29 is 4.74 Å². The van der Waals surface area contributed by atoms with E-state index in [1.807, 2.05) is 12.1 Å². The molecule has 0 N–H and O–H groups in total. The van der Waals surface area contributed by atoms with E-state index < -0.39 is 0 Å². The molecular weight excluding hydrogens is 255 g/mol. The van der Waals surface area contributed by atoms with E-state index in [-0.39, 0.29) is 0 Å². The second-order valence-electron chi connectivity index (χ2n) is 4.17. The fourth-order valence-electron chi connectivity index (χ4n) is 1.66. The molecule has 0 unspecified atom stereocenters. The summed E-state index contributed by atoms with van der Waals surface area (Å²) in [7, 11) is 0. The Bertz CT molecular complexity index is 326. The van der Waals surface area contributed by atoms with Crippen LogP contribution in [0.15, 0.2) is 18.2 Å². The van der Waals surface area contributed by atoms with E-state index in [0.29, 0.717) is 22.4 Å².